The van der Waals surface area contributed by atoms with E-state index in [2.05, 4.69) is 0 Å². The zero-order valence-corrected chi connectivity index (χ0v) is 12.5. The van der Waals surface area contributed by atoms with Crippen LogP contribution in [-0.4, -0.2) is 56.0 Å². The van der Waals surface area contributed by atoms with Gasteiger partial charge in [-0.05, 0) is 18.6 Å². The highest BCUT2D eigenvalue weighted by Gasteiger charge is 2.27. The van der Waals surface area contributed by atoms with Crippen LogP contribution in [0.2, 0.25) is 0 Å². The highest BCUT2D eigenvalue weighted by Crippen LogP contribution is 2.19. The number of nitrogens with zero attached hydrogens (tertiary/aromatic N) is 2. The number of carbonyl (C=O) groups excluding carboxylic acids is 1. The second-order valence-electron chi connectivity index (χ2n) is 4.99. The van der Waals surface area contributed by atoms with Crippen LogP contribution < -0.4 is 5.73 Å². The number of carbonyl (C=O) groups is 1. The van der Waals surface area contributed by atoms with Gasteiger partial charge in [0.2, 0.25) is 10.0 Å². The number of aryl methyl sites for hydroxylation is 1. The molecular weight excluding hydrogens is 278 g/mol. The smallest absolute Gasteiger partial charge is 0.256 e. The average Bonchev–Trinajstić information content (AvgIpc) is 2.40. The van der Waals surface area contributed by atoms with Crippen molar-refractivity contribution in [3.8, 4) is 0 Å². The number of amides is 1. The van der Waals surface area contributed by atoms with Crippen molar-refractivity contribution in [3.63, 3.8) is 0 Å². The monoisotopic (exact) mass is 297 g/mol. The van der Waals surface area contributed by atoms with E-state index in [4.69, 9.17) is 5.73 Å². The fourth-order valence-corrected chi connectivity index (χ4v) is 3.09. The van der Waals surface area contributed by atoms with Crippen molar-refractivity contribution in [1.82, 2.24) is 9.21 Å². The molecule has 0 atom stereocenters. The minimum absolute atomic E-state index is 0.139. The Kier molecular flexibility index (Phi) is 4.01. The summed E-state index contributed by atoms with van der Waals surface area (Å²) in [6.07, 6.45) is 1.18. The lowest BCUT2D eigenvalue weighted by Crippen LogP contribution is -2.50. The van der Waals surface area contributed by atoms with E-state index in [9.17, 15) is 13.2 Å². The molecular formula is C13H19N3O3S. The Labute approximate surface area is 119 Å². The first kappa shape index (κ1) is 14.8. The molecule has 2 rings (SSSR count). The van der Waals surface area contributed by atoms with Gasteiger partial charge in [0.05, 0.1) is 11.8 Å². The molecule has 2 N–H and O–H groups in total. The molecule has 1 fully saturated rings. The molecule has 6 nitrogen and oxygen atoms in total. The molecule has 0 spiro atoms. The van der Waals surface area contributed by atoms with E-state index in [0.29, 0.717) is 37.4 Å². The van der Waals surface area contributed by atoms with Crippen molar-refractivity contribution >= 4 is 21.6 Å². The highest BCUT2D eigenvalue weighted by molar-refractivity contribution is 7.88. The van der Waals surface area contributed by atoms with Crippen LogP contribution in [0, 0.1) is 6.92 Å². The first-order chi connectivity index (χ1) is 9.30. The van der Waals surface area contributed by atoms with E-state index in [1.54, 1.807) is 17.0 Å². The number of rotatable bonds is 2. The number of sulfonamides is 1. The van der Waals surface area contributed by atoms with Gasteiger partial charge in [-0.3, -0.25) is 4.79 Å². The van der Waals surface area contributed by atoms with E-state index in [0.717, 1.165) is 5.56 Å². The van der Waals surface area contributed by atoms with Gasteiger partial charge in [-0.2, -0.15) is 4.31 Å². The summed E-state index contributed by atoms with van der Waals surface area (Å²) in [5.74, 6) is -0.139. The lowest BCUT2D eigenvalue weighted by Gasteiger charge is -2.33. The van der Waals surface area contributed by atoms with Gasteiger partial charge in [-0.25, -0.2) is 8.42 Å². The van der Waals surface area contributed by atoms with Crippen LogP contribution in [0.1, 0.15) is 15.9 Å². The third-order valence-corrected chi connectivity index (χ3v) is 4.85. The molecule has 1 aromatic carbocycles. The summed E-state index contributed by atoms with van der Waals surface area (Å²) in [4.78, 5) is 14.1. The third-order valence-electron chi connectivity index (χ3n) is 3.55. The summed E-state index contributed by atoms with van der Waals surface area (Å²) in [5, 5.41) is 0. The van der Waals surface area contributed by atoms with Crippen molar-refractivity contribution in [3.05, 3.63) is 29.3 Å². The molecule has 7 heteroatoms. The third kappa shape index (κ3) is 2.94. The zero-order chi connectivity index (χ0) is 14.9. The second kappa shape index (κ2) is 5.41. The summed E-state index contributed by atoms with van der Waals surface area (Å²) < 4.78 is 24.3. The Morgan fingerprint density at radius 1 is 1.20 bits per heavy atom. The predicted octanol–water partition coefficient (Wildman–Crippen LogP) is 0.295. The maximum absolute atomic E-state index is 12.4. The topological polar surface area (TPSA) is 83.7 Å². The maximum Gasteiger partial charge on any atom is 0.256 e. The van der Waals surface area contributed by atoms with Gasteiger partial charge in [0.15, 0.2) is 0 Å². The quantitative estimate of drug-likeness (QED) is 0.796. The first-order valence-corrected chi connectivity index (χ1v) is 8.25. The Bertz CT molecular complexity index is 620. The van der Waals surface area contributed by atoms with Crippen molar-refractivity contribution in [1.29, 1.82) is 0 Å². The number of piperazine rings is 1. The molecule has 0 unspecified atom stereocenters. The summed E-state index contributed by atoms with van der Waals surface area (Å²) in [6, 6.07) is 5.35. The standard InChI is InChI=1S/C13H19N3O3S/c1-10-4-3-5-11(12(10)14)13(17)15-6-8-16(9-7-15)20(2,18)19/h3-5H,6-9,14H2,1-2H3. The molecule has 1 heterocycles. The molecule has 1 aliphatic rings. The summed E-state index contributed by atoms with van der Waals surface area (Å²) in [7, 11) is -3.18. The molecule has 20 heavy (non-hydrogen) atoms. The van der Waals surface area contributed by atoms with E-state index in [1.165, 1.54) is 10.6 Å². The lowest BCUT2D eigenvalue weighted by atomic mass is 10.1. The number of para-hydroxylation sites is 1. The molecule has 0 saturated carbocycles. The maximum atomic E-state index is 12.4. The molecule has 1 aromatic rings. The van der Waals surface area contributed by atoms with Gasteiger partial charge in [-0.15, -0.1) is 0 Å². The predicted molar refractivity (Wildman–Crippen MR) is 77.9 cm³/mol. The Morgan fingerprint density at radius 3 is 2.35 bits per heavy atom. The van der Waals surface area contributed by atoms with Gasteiger partial charge in [0.25, 0.3) is 5.91 Å². The Hall–Kier alpha value is -1.60. The van der Waals surface area contributed by atoms with Crippen LogP contribution in [0.3, 0.4) is 0 Å². The van der Waals surface area contributed by atoms with E-state index in [1.807, 2.05) is 13.0 Å². The number of anilines is 1. The normalized spacial score (nSPS) is 17.2. The molecule has 0 bridgehead atoms. The van der Waals surface area contributed by atoms with Gasteiger partial charge >= 0.3 is 0 Å². The SMILES string of the molecule is Cc1cccc(C(=O)N2CCN(S(C)(=O)=O)CC2)c1N. The summed E-state index contributed by atoms with van der Waals surface area (Å²) >= 11 is 0. The molecule has 1 saturated heterocycles. The molecule has 0 aliphatic carbocycles. The van der Waals surface area contributed by atoms with E-state index in [-0.39, 0.29) is 5.91 Å². The van der Waals surface area contributed by atoms with Crippen LogP contribution in [0.4, 0.5) is 5.69 Å². The van der Waals surface area contributed by atoms with Crippen LogP contribution in [0.5, 0.6) is 0 Å². The van der Waals surface area contributed by atoms with Crippen LogP contribution in [0.15, 0.2) is 18.2 Å². The Balaban J connectivity index is 2.11. The van der Waals surface area contributed by atoms with Crippen molar-refractivity contribution < 1.29 is 13.2 Å². The molecule has 0 aromatic heterocycles. The number of benzene rings is 1. The van der Waals surface area contributed by atoms with Crippen LogP contribution in [-0.2, 0) is 10.0 Å². The second-order valence-corrected chi connectivity index (χ2v) is 6.97. The van der Waals surface area contributed by atoms with Gasteiger partial charge in [0, 0.05) is 31.9 Å². The summed E-state index contributed by atoms with van der Waals surface area (Å²) in [5.41, 5.74) is 7.77. The highest BCUT2D eigenvalue weighted by atomic mass is 32.2. The number of hydrogen-bond acceptors (Lipinski definition) is 4. The van der Waals surface area contributed by atoms with Crippen molar-refractivity contribution in [2.24, 2.45) is 0 Å². The van der Waals surface area contributed by atoms with Gasteiger partial charge in [0.1, 0.15) is 0 Å². The Morgan fingerprint density at radius 2 is 1.80 bits per heavy atom. The molecule has 0 radical (unpaired) electrons. The summed E-state index contributed by atoms with van der Waals surface area (Å²) in [6.45, 7) is 3.29. The fourth-order valence-electron chi connectivity index (χ4n) is 2.26. The number of nitrogen functional groups attached to an aromatic ring is 1. The zero-order valence-electron chi connectivity index (χ0n) is 11.7. The number of hydrogen-bond donors (Lipinski definition) is 1. The van der Waals surface area contributed by atoms with E-state index >= 15 is 0 Å². The largest absolute Gasteiger partial charge is 0.398 e. The minimum Gasteiger partial charge on any atom is -0.398 e. The lowest BCUT2D eigenvalue weighted by molar-refractivity contribution is 0.0699. The molecule has 1 aliphatic heterocycles. The van der Waals surface area contributed by atoms with Crippen molar-refractivity contribution in [2.45, 2.75) is 6.92 Å². The molecule has 1 amide bonds. The van der Waals surface area contributed by atoms with Crippen molar-refractivity contribution in [2.75, 3.05) is 38.2 Å². The van der Waals surface area contributed by atoms with Crippen LogP contribution in [0.25, 0.3) is 0 Å². The number of nitrogens with two attached hydrogens (primary N) is 1. The van der Waals surface area contributed by atoms with Gasteiger partial charge < -0.3 is 10.6 Å². The van der Waals surface area contributed by atoms with Gasteiger partial charge in [-0.1, -0.05) is 12.1 Å². The average molecular weight is 297 g/mol. The molecule has 110 valence electrons. The fraction of sp³-hybridized carbons (Fsp3) is 0.462. The van der Waals surface area contributed by atoms with E-state index < -0.39 is 10.0 Å². The first-order valence-electron chi connectivity index (χ1n) is 6.40. The van der Waals surface area contributed by atoms with Crippen LogP contribution >= 0.6 is 0 Å². The minimum atomic E-state index is -3.18.